The van der Waals surface area contributed by atoms with Gasteiger partial charge in [-0.05, 0) is 12.8 Å². The van der Waals surface area contributed by atoms with Crippen molar-refractivity contribution in [3.8, 4) is 0 Å². The van der Waals surface area contributed by atoms with Crippen molar-refractivity contribution >= 4 is 0 Å². The van der Waals surface area contributed by atoms with E-state index in [0.29, 0.717) is 12.6 Å². The maximum atomic E-state index is 5.31. The van der Waals surface area contributed by atoms with Crippen LogP contribution in [0.3, 0.4) is 0 Å². The van der Waals surface area contributed by atoms with Crippen LogP contribution in [0.5, 0.6) is 0 Å². The van der Waals surface area contributed by atoms with Gasteiger partial charge in [0.15, 0.2) is 0 Å². The summed E-state index contributed by atoms with van der Waals surface area (Å²) in [5.74, 6) is 0. The predicted octanol–water partition coefficient (Wildman–Crippen LogP) is 1.79. The highest BCUT2D eigenvalue weighted by atomic mass is 16.5. The van der Waals surface area contributed by atoms with Gasteiger partial charge < -0.3 is 10.5 Å². The summed E-state index contributed by atoms with van der Waals surface area (Å²) in [4.78, 5) is 0. The molecule has 1 rings (SSSR count). The van der Waals surface area contributed by atoms with Gasteiger partial charge in [-0.15, -0.1) is 0 Å². The van der Waals surface area contributed by atoms with E-state index >= 15 is 0 Å². The van der Waals surface area contributed by atoms with Gasteiger partial charge in [-0.3, -0.25) is 0 Å². The molecule has 64 valence electrons. The lowest BCUT2D eigenvalue weighted by Gasteiger charge is -2.01. The van der Waals surface area contributed by atoms with Gasteiger partial charge in [0.2, 0.25) is 0 Å². The van der Waals surface area contributed by atoms with Crippen LogP contribution in [0.1, 0.15) is 34.5 Å². The molecule has 1 saturated heterocycles. The summed E-state index contributed by atoms with van der Waals surface area (Å²) in [5.41, 5.74) is 5.31. The third kappa shape index (κ3) is 4.77. The van der Waals surface area contributed by atoms with Crippen molar-refractivity contribution in [2.75, 3.05) is 13.2 Å². The lowest BCUT2D eigenvalue weighted by molar-refractivity contribution is 0.117. The summed E-state index contributed by atoms with van der Waals surface area (Å²) in [6.07, 6.45) is 3.98. The van der Waals surface area contributed by atoms with Crippen molar-refractivity contribution in [3.63, 3.8) is 0 Å². The molecule has 0 spiro atoms. The molecular weight excluding hydrogens is 126 g/mol. The molecule has 0 radical (unpaired) electrons. The summed E-state index contributed by atoms with van der Waals surface area (Å²) < 4.78 is 5.18. The van der Waals surface area contributed by atoms with Gasteiger partial charge in [-0.25, -0.2) is 0 Å². The number of rotatable bonds is 1. The molecular formula is C8H21NO. The summed E-state index contributed by atoms with van der Waals surface area (Å²) in [6.45, 7) is 5.86. The molecule has 0 aromatic rings. The standard InChI is InChI=1S/C5H11NO.C3H8.H2/c6-4-5-2-1-3-7-5;1-3-2;/h5H,1-4,6H2;3H2,1-2H3;1H. The van der Waals surface area contributed by atoms with Crippen LogP contribution >= 0.6 is 0 Å². The van der Waals surface area contributed by atoms with E-state index in [9.17, 15) is 0 Å². The summed E-state index contributed by atoms with van der Waals surface area (Å²) in [6, 6.07) is 0. The Morgan fingerprint density at radius 1 is 1.60 bits per heavy atom. The summed E-state index contributed by atoms with van der Waals surface area (Å²) >= 11 is 0. The Bertz CT molecular complexity index is 65.1. The SMILES string of the molecule is CCC.NCC1CCCO1.[HH]. The number of hydrogen-bond acceptors (Lipinski definition) is 2. The average Bonchev–Trinajstić information content (AvgIpc) is 2.39. The number of nitrogens with two attached hydrogens (primary N) is 1. The van der Waals surface area contributed by atoms with Crippen molar-refractivity contribution < 1.29 is 6.16 Å². The summed E-state index contributed by atoms with van der Waals surface area (Å²) in [7, 11) is 0. The molecule has 2 heteroatoms. The minimum absolute atomic E-state index is 0. The minimum Gasteiger partial charge on any atom is -0.377 e. The number of ether oxygens (including phenoxy) is 1. The highest BCUT2D eigenvalue weighted by Gasteiger charge is 2.11. The van der Waals surface area contributed by atoms with E-state index in [2.05, 4.69) is 13.8 Å². The topological polar surface area (TPSA) is 35.2 Å². The zero-order chi connectivity index (χ0) is 7.82. The van der Waals surface area contributed by atoms with Crippen LogP contribution in [0.2, 0.25) is 0 Å². The van der Waals surface area contributed by atoms with Crippen molar-refractivity contribution in [1.29, 1.82) is 0 Å². The van der Waals surface area contributed by atoms with Crippen molar-refractivity contribution in [1.82, 2.24) is 0 Å². The zero-order valence-electron chi connectivity index (χ0n) is 7.10. The second-order valence-electron chi connectivity index (χ2n) is 2.58. The van der Waals surface area contributed by atoms with E-state index in [1.54, 1.807) is 0 Å². The second-order valence-corrected chi connectivity index (χ2v) is 2.58. The quantitative estimate of drug-likeness (QED) is 0.613. The maximum absolute atomic E-state index is 5.31. The first-order valence-electron chi connectivity index (χ1n) is 4.16. The van der Waals surface area contributed by atoms with Gasteiger partial charge in [0.25, 0.3) is 0 Å². The first-order valence-corrected chi connectivity index (χ1v) is 4.16. The third-order valence-corrected chi connectivity index (χ3v) is 1.29. The summed E-state index contributed by atoms with van der Waals surface area (Å²) in [5, 5.41) is 0. The Morgan fingerprint density at radius 3 is 2.40 bits per heavy atom. The van der Waals surface area contributed by atoms with Crippen molar-refractivity contribution in [2.24, 2.45) is 5.73 Å². The van der Waals surface area contributed by atoms with Crippen LogP contribution in [0, 0.1) is 0 Å². The van der Waals surface area contributed by atoms with Gasteiger partial charge in [0.05, 0.1) is 6.10 Å². The molecule has 10 heavy (non-hydrogen) atoms. The van der Waals surface area contributed by atoms with Gasteiger partial charge >= 0.3 is 0 Å². The van der Waals surface area contributed by atoms with E-state index in [0.717, 1.165) is 13.0 Å². The number of hydrogen-bond donors (Lipinski definition) is 1. The average molecular weight is 147 g/mol. The Balaban J connectivity index is 0. The van der Waals surface area contributed by atoms with Gasteiger partial charge in [-0.1, -0.05) is 20.3 Å². The molecule has 0 aromatic heterocycles. The van der Waals surface area contributed by atoms with Crippen LogP contribution in [-0.2, 0) is 4.74 Å². The molecule has 2 nitrogen and oxygen atoms in total. The molecule has 1 aliphatic heterocycles. The minimum atomic E-state index is 0. The molecule has 1 aliphatic rings. The second kappa shape index (κ2) is 7.03. The molecule has 1 heterocycles. The molecule has 1 fully saturated rings. The molecule has 1 unspecified atom stereocenters. The fraction of sp³-hybridized carbons (Fsp3) is 1.00. The van der Waals surface area contributed by atoms with Crippen LogP contribution in [0.25, 0.3) is 0 Å². The van der Waals surface area contributed by atoms with E-state index in [1.165, 1.54) is 12.8 Å². The Hall–Kier alpha value is -0.0800. The molecule has 1 atom stereocenters. The van der Waals surface area contributed by atoms with Crippen molar-refractivity contribution in [2.45, 2.75) is 39.2 Å². The highest BCUT2D eigenvalue weighted by Crippen LogP contribution is 2.09. The first kappa shape index (κ1) is 9.92. The molecule has 0 bridgehead atoms. The maximum Gasteiger partial charge on any atom is 0.0698 e. The van der Waals surface area contributed by atoms with Gasteiger partial charge in [0, 0.05) is 14.6 Å². The van der Waals surface area contributed by atoms with Crippen LogP contribution in [-0.4, -0.2) is 19.3 Å². The van der Waals surface area contributed by atoms with E-state index in [-0.39, 0.29) is 1.43 Å². The largest absolute Gasteiger partial charge is 0.377 e. The normalized spacial score (nSPS) is 23.7. The lowest BCUT2D eigenvalue weighted by Crippen LogP contribution is -2.17. The Kier molecular flexibility index (Phi) is 6.98. The molecule has 0 aliphatic carbocycles. The molecule has 0 aromatic carbocycles. The smallest absolute Gasteiger partial charge is 0.0698 e. The predicted molar refractivity (Wildman–Crippen MR) is 46.1 cm³/mol. The highest BCUT2D eigenvalue weighted by molar-refractivity contribution is 4.63. The van der Waals surface area contributed by atoms with Crippen molar-refractivity contribution in [3.05, 3.63) is 0 Å². The van der Waals surface area contributed by atoms with E-state index in [1.807, 2.05) is 0 Å². The zero-order valence-corrected chi connectivity index (χ0v) is 7.10. The molecule has 2 N–H and O–H groups in total. The van der Waals surface area contributed by atoms with Crippen LogP contribution in [0.15, 0.2) is 0 Å². The lowest BCUT2D eigenvalue weighted by atomic mass is 10.2. The van der Waals surface area contributed by atoms with Gasteiger partial charge in [0.1, 0.15) is 0 Å². The van der Waals surface area contributed by atoms with E-state index < -0.39 is 0 Å². The fourth-order valence-corrected chi connectivity index (χ4v) is 0.830. The van der Waals surface area contributed by atoms with Crippen LogP contribution in [0.4, 0.5) is 0 Å². The Morgan fingerprint density at radius 2 is 2.20 bits per heavy atom. The monoisotopic (exact) mass is 147 g/mol. The molecule has 0 amide bonds. The van der Waals surface area contributed by atoms with Gasteiger partial charge in [-0.2, -0.15) is 0 Å². The fourth-order valence-electron chi connectivity index (χ4n) is 0.830. The Labute approximate surface area is 65.2 Å². The van der Waals surface area contributed by atoms with E-state index in [4.69, 9.17) is 10.5 Å². The molecule has 0 saturated carbocycles. The third-order valence-electron chi connectivity index (χ3n) is 1.29. The first-order chi connectivity index (χ1) is 4.85. The van der Waals surface area contributed by atoms with Crippen LogP contribution < -0.4 is 5.73 Å².